The van der Waals surface area contributed by atoms with Crippen molar-refractivity contribution in [2.45, 2.75) is 26.3 Å². The van der Waals surface area contributed by atoms with E-state index in [9.17, 15) is 0 Å². The minimum atomic E-state index is 0.129. The third-order valence-corrected chi connectivity index (χ3v) is 2.19. The van der Waals surface area contributed by atoms with Gasteiger partial charge in [-0.2, -0.15) is 5.26 Å². The van der Waals surface area contributed by atoms with Gasteiger partial charge in [-0.15, -0.1) is 0 Å². The van der Waals surface area contributed by atoms with Gasteiger partial charge < -0.3 is 11.1 Å². The summed E-state index contributed by atoms with van der Waals surface area (Å²) >= 11 is 0. The Balaban J connectivity index is 2.74. The lowest BCUT2D eigenvalue weighted by atomic mass is 10.0. The molecule has 1 aromatic rings. The minimum absolute atomic E-state index is 0.129. The lowest BCUT2D eigenvalue weighted by Crippen LogP contribution is -2.31. The molecular formula is C11H17N5. The van der Waals surface area contributed by atoms with Gasteiger partial charge >= 0.3 is 0 Å². The first-order valence-electron chi connectivity index (χ1n) is 5.35. The summed E-state index contributed by atoms with van der Waals surface area (Å²) in [5, 5.41) is 12.0. The first kappa shape index (κ1) is 12.4. The van der Waals surface area contributed by atoms with E-state index in [0.29, 0.717) is 24.0 Å². The maximum Gasteiger partial charge on any atom is 0.182 e. The van der Waals surface area contributed by atoms with Crippen molar-refractivity contribution in [3.8, 4) is 6.07 Å². The van der Waals surface area contributed by atoms with Gasteiger partial charge in [-0.25, -0.2) is 9.97 Å². The van der Waals surface area contributed by atoms with Crippen molar-refractivity contribution >= 4 is 5.82 Å². The zero-order chi connectivity index (χ0) is 12.0. The van der Waals surface area contributed by atoms with Gasteiger partial charge in [-0.05, 0) is 12.3 Å². The fourth-order valence-electron chi connectivity index (χ4n) is 1.50. The van der Waals surface area contributed by atoms with Crippen LogP contribution < -0.4 is 11.1 Å². The summed E-state index contributed by atoms with van der Waals surface area (Å²) in [5.74, 6) is 1.06. The first-order chi connectivity index (χ1) is 7.67. The van der Waals surface area contributed by atoms with Crippen LogP contribution in [0.5, 0.6) is 0 Å². The average Bonchev–Trinajstić information content (AvgIpc) is 2.28. The fourth-order valence-corrected chi connectivity index (χ4v) is 1.50. The summed E-state index contributed by atoms with van der Waals surface area (Å²) in [5.41, 5.74) is 5.98. The molecule has 1 rings (SSSR count). The van der Waals surface area contributed by atoms with Crippen LogP contribution in [0.15, 0.2) is 12.4 Å². The Morgan fingerprint density at radius 2 is 2.12 bits per heavy atom. The number of nitrogens with two attached hydrogens (primary N) is 1. The predicted octanol–water partition coefficient (Wildman–Crippen LogP) is 1.13. The van der Waals surface area contributed by atoms with Crippen molar-refractivity contribution in [3.63, 3.8) is 0 Å². The van der Waals surface area contributed by atoms with E-state index in [1.807, 2.05) is 6.07 Å². The van der Waals surface area contributed by atoms with Crippen molar-refractivity contribution in [2.24, 2.45) is 11.7 Å². The molecule has 0 saturated carbocycles. The number of nitrogens with zero attached hydrogens (tertiary/aromatic N) is 3. The van der Waals surface area contributed by atoms with Gasteiger partial charge in [-0.3, -0.25) is 0 Å². The molecule has 0 bridgehead atoms. The molecule has 3 N–H and O–H groups in total. The minimum Gasteiger partial charge on any atom is -0.364 e. The second-order valence-electron chi connectivity index (χ2n) is 4.07. The number of hydrogen-bond donors (Lipinski definition) is 2. The van der Waals surface area contributed by atoms with E-state index in [0.717, 1.165) is 6.42 Å². The molecule has 0 aliphatic carbocycles. The number of anilines is 1. The van der Waals surface area contributed by atoms with Gasteiger partial charge in [0.15, 0.2) is 11.5 Å². The van der Waals surface area contributed by atoms with Crippen LogP contribution in [0.3, 0.4) is 0 Å². The number of nitriles is 1. The highest BCUT2D eigenvalue weighted by atomic mass is 15.0. The van der Waals surface area contributed by atoms with E-state index in [1.54, 1.807) is 6.20 Å². The highest BCUT2D eigenvalue weighted by molar-refractivity contribution is 5.47. The number of hydrogen-bond acceptors (Lipinski definition) is 5. The lowest BCUT2D eigenvalue weighted by Gasteiger charge is -2.19. The van der Waals surface area contributed by atoms with Crippen LogP contribution in [0.4, 0.5) is 5.82 Å². The molecule has 16 heavy (non-hydrogen) atoms. The molecule has 1 aromatic heterocycles. The molecular weight excluding hydrogens is 202 g/mol. The zero-order valence-corrected chi connectivity index (χ0v) is 9.64. The molecule has 1 atom stereocenters. The summed E-state index contributed by atoms with van der Waals surface area (Å²) in [4.78, 5) is 8.03. The number of rotatable bonds is 5. The van der Waals surface area contributed by atoms with Gasteiger partial charge in [0, 0.05) is 25.0 Å². The third-order valence-electron chi connectivity index (χ3n) is 2.19. The second-order valence-corrected chi connectivity index (χ2v) is 4.07. The lowest BCUT2D eigenvalue weighted by molar-refractivity contribution is 0.520. The van der Waals surface area contributed by atoms with Gasteiger partial charge in [0.1, 0.15) is 6.07 Å². The highest BCUT2D eigenvalue weighted by Gasteiger charge is 2.12. The molecule has 0 spiro atoms. The SMILES string of the molecule is CC(C)CC(CN)Nc1nccnc1C#N. The zero-order valence-electron chi connectivity index (χ0n) is 9.64. The Bertz CT molecular complexity index is 369. The first-order valence-corrected chi connectivity index (χ1v) is 5.35. The Labute approximate surface area is 95.7 Å². The molecule has 1 unspecified atom stereocenters. The van der Waals surface area contributed by atoms with Crippen molar-refractivity contribution in [3.05, 3.63) is 18.1 Å². The van der Waals surface area contributed by atoms with E-state index < -0.39 is 0 Å². The summed E-state index contributed by atoms with van der Waals surface area (Å²) in [6, 6.07) is 2.13. The molecule has 0 aromatic carbocycles. The molecule has 0 amide bonds. The van der Waals surface area contributed by atoms with Crippen LogP contribution >= 0.6 is 0 Å². The normalized spacial score (nSPS) is 12.2. The second kappa shape index (κ2) is 6.03. The molecule has 0 radical (unpaired) electrons. The Morgan fingerprint density at radius 3 is 2.69 bits per heavy atom. The molecule has 0 saturated heterocycles. The van der Waals surface area contributed by atoms with Gasteiger partial charge in [-0.1, -0.05) is 13.8 Å². The van der Waals surface area contributed by atoms with Gasteiger partial charge in [0.2, 0.25) is 0 Å². The third kappa shape index (κ3) is 3.48. The summed E-state index contributed by atoms with van der Waals surface area (Å²) in [7, 11) is 0. The molecule has 0 aliphatic rings. The van der Waals surface area contributed by atoms with E-state index in [-0.39, 0.29) is 6.04 Å². The summed E-state index contributed by atoms with van der Waals surface area (Å²) in [6.07, 6.45) is 4.01. The van der Waals surface area contributed by atoms with Crippen molar-refractivity contribution < 1.29 is 0 Å². The maximum atomic E-state index is 8.86. The van der Waals surface area contributed by atoms with Crippen molar-refractivity contribution in [1.29, 1.82) is 5.26 Å². The topological polar surface area (TPSA) is 87.6 Å². The van der Waals surface area contributed by atoms with Crippen LogP contribution in [-0.2, 0) is 0 Å². The Kier molecular flexibility index (Phi) is 4.67. The maximum absolute atomic E-state index is 8.86. The quantitative estimate of drug-likeness (QED) is 0.775. The van der Waals surface area contributed by atoms with Crippen LogP contribution in [0.25, 0.3) is 0 Å². The molecule has 5 heteroatoms. The van der Waals surface area contributed by atoms with Crippen molar-refractivity contribution in [1.82, 2.24) is 9.97 Å². The standard InChI is InChI=1S/C11H17N5/c1-8(2)5-9(6-12)16-11-10(7-13)14-3-4-15-11/h3-4,8-9H,5-6,12H2,1-2H3,(H,15,16). The van der Waals surface area contributed by atoms with Crippen molar-refractivity contribution in [2.75, 3.05) is 11.9 Å². The summed E-state index contributed by atoms with van der Waals surface area (Å²) < 4.78 is 0. The largest absolute Gasteiger partial charge is 0.364 e. The smallest absolute Gasteiger partial charge is 0.182 e. The van der Waals surface area contributed by atoms with Crippen LogP contribution in [-0.4, -0.2) is 22.6 Å². The monoisotopic (exact) mass is 219 g/mol. The number of nitrogens with one attached hydrogen (secondary N) is 1. The molecule has 0 fully saturated rings. The molecule has 0 aliphatic heterocycles. The van der Waals surface area contributed by atoms with E-state index in [1.165, 1.54) is 6.20 Å². The van der Waals surface area contributed by atoms with Crippen LogP contribution in [0.2, 0.25) is 0 Å². The summed E-state index contributed by atoms with van der Waals surface area (Å²) in [6.45, 7) is 4.78. The van der Waals surface area contributed by atoms with Crippen LogP contribution in [0.1, 0.15) is 26.0 Å². The molecule has 1 heterocycles. The van der Waals surface area contributed by atoms with Gasteiger partial charge in [0.25, 0.3) is 0 Å². The highest BCUT2D eigenvalue weighted by Crippen LogP contribution is 2.12. The molecule has 86 valence electrons. The van der Waals surface area contributed by atoms with E-state index in [2.05, 4.69) is 29.1 Å². The average molecular weight is 219 g/mol. The number of aromatic nitrogens is 2. The van der Waals surface area contributed by atoms with E-state index >= 15 is 0 Å². The van der Waals surface area contributed by atoms with Crippen LogP contribution in [0, 0.1) is 17.2 Å². The fraction of sp³-hybridized carbons (Fsp3) is 0.545. The predicted molar refractivity (Wildman–Crippen MR) is 62.7 cm³/mol. The molecule has 5 nitrogen and oxygen atoms in total. The van der Waals surface area contributed by atoms with E-state index in [4.69, 9.17) is 11.0 Å². The Hall–Kier alpha value is -1.67. The Morgan fingerprint density at radius 1 is 1.44 bits per heavy atom. The van der Waals surface area contributed by atoms with Gasteiger partial charge in [0.05, 0.1) is 0 Å².